The average Bonchev–Trinajstić information content (AvgIpc) is 2.76. The fourth-order valence-corrected chi connectivity index (χ4v) is 4.92. The number of fused-ring (bicyclic) bond motifs is 2. The van der Waals surface area contributed by atoms with E-state index in [1.165, 1.54) is 21.2 Å². The van der Waals surface area contributed by atoms with Gasteiger partial charge in [-0.15, -0.1) is 0 Å². The van der Waals surface area contributed by atoms with E-state index in [4.69, 9.17) is 0 Å². The molecule has 152 valence electrons. The molecule has 1 fully saturated rings. The van der Waals surface area contributed by atoms with Crippen molar-refractivity contribution in [2.45, 2.75) is 16.2 Å². The summed E-state index contributed by atoms with van der Waals surface area (Å²) in [6, 6.07) is 16.7. The van der Waals surface area contributed by atoms with Crippen LogP contribution in [-0.2, 0) is 9.59 Å². The maximum Gasteiger partial charge on any atom is 0.233 e. The number of nitrogens with zero attached hydrogens (tertiary/aromatic N) is 3. The highest BCUT2D eigenvalue weighted by molar-refractivity contribution is 7.99. The van der Waals surface area contributed by atoms with Crippen LogP contribution in [0, 0.1) is 0 Å². The smallest absolute Gasteiger partial charge is 0.233 e. The molecule has 1 saturated heterocycles. The Kier molecular flexibility index (Phi) is 6.06. The first-order valence-corrected chi connectivity index (χ1v) is 10.8. The van der Waals surface area contributed by atoms with Gasteiger partial charge in [0.05, 0.1) is 17.9 Å². The summed E-state index contributed by atoms with van der Waals surface area (Å²) in [5.74, 6) is 0.197. The van der Waals surface area contributed by atoms with Crippen LogP contribution in [-0.4, -0.2) is 67.9 Å². The van der Waals surface area contributed by atoms with Crippen molar-refractivity contribution >= 4 is 35.0 Å². The molecule has 6 nitrogen and oxygen atoms in total. The first-order chi connectivity index (χ1) is 14.2. The zero-order valence-corrected chi connectivity index (χ0v) is 17.5. The predicted molar refractivity (Wildman–Crippen MR) is 116 cm³/mol. The van der Waals surface area contributed by atoms with Crippen LogP contribution in [0.25, 0.3) is 0 Å². The molecule has 0 saturated carbocycles. The summed E-state index contributed by atoms with van der Waals surface area (Å²) in [6.45, 7) is 3.90. The fourth-order valence-electron chi connectivity index (χ4n) is 3.83. The lowest BCUT2D eigenvalue weighted by Gasteiger charge is -2.36. The fraction of sp³-hybridized carbons (Fsp3) is 0.364. The first kappa shape index (κ1) is 19.8. The Morgan fingerprint density at radius 2 is 1.52 bits per heavy atom. The lowest BCUT2D eigenvalue weighted by atomic mass is 10.2. The topological polar surface area (TPSA) is 55.9 Å². The highest BCUT2D eigenvalue weighted by Gasteiger charge is 2.26. The molecule has 1 N–H and O–H groups in total. The van der Waals surface area contributed by atoms with Crippen LogP contribution in [0.5, 0.6) is 0 Å². The molecule has 29 heavy (non-hydrogen) atoms. The maximum absolute atomic E-state index is 12.8. The van der Waals surface area contributed by atoms with Crippen molar-refractivity contribution in [2.75, 3.05) is 51.2 Å². The van der Waals surface area contributed by atoms with Crippen LogP contribution in [0.15, 0.2) is 58.3 Å². The summed E-state index contributed by atoms with van der Waals surface area (Å²) in [5.41, 5.74) is 2.33. The molecule has 2 aliphatic rings. The molecule has 2 aromatic carbocycles. The van der Waals surface area contributed by atoms with Gasteiger partial charge >= 0.3 is 0 Å². The van der Waals surface area contributed by atoms with E-state index < -0.39 is 0 Å². The second-order valence-electron chi connectivity index (χ2n) is 7.27. The van der Waals surface area contributed by atoms with E-state index in [1.807, 2.05) is 17.0 Å². The van der Waals surface area contributed by atoms with Crippen LogP contribution < -0.4 is 10.2 Å². The Morgan fingerprint density at radius 1 is 0.931 bits per heavy atom. The molecule has 2 aromatic rings. The molecule has 2 amide bonds. The number of carbonyl (C=O) groups excluding carboxylic acids is 2. The summed E-state index contributed by atoms with van der Waals surface area (Å²) in [7, 11) is 1.65. The first-order valence-electron chi connectivity index (χ1n) is 10.00. The molecule has 0 bridgehead atoms. The van der Waals surface area contributed by atoms with Crippen molar-refractivity contribution in [3.63, 3.8) is 0 Å². The number of amides is 2. The molecule has 7 heteroatoms. The Balaban J connectivity index is 1.38. The highest BCUT2D eigenvalue weighted by Crippen LogP contribution is 2.47. The monoisotopic (exact) mass is 410 g/mol. The standard InChI is InChI=1S/C22H26N4O2S/c1-23-21(27)16-24-12-14-25(15-13-24)22(28)10-11-26-17-6-2-4-8-19(17)29-20-9-5-3-7-18(20)26/h2-9H,10-16H2,1H3,(H,23,27). The van der Waals surface area contributed by atoms with Crippen molar-refractivity contribution in [2.24, 2.45) is 0 Å². The van der Waals surface area contributed by atoms with Crippen molar-refractivity contribution in [3.05, 3.63) is 48.5 Å². The number of anilines is 2. The van der Waals surface area contributed by atoms with E-state index in [0.717, 1.165) is 13.1 Å². The van der Waals surface area contributed by atoms with Gasteiger partial charge in [-0.1, -0.05) is 36.0 Å². The molecule has 0 unspecified atom stereocenters. The molecule has 0 radical (unpaired) electrons. The predicted octanol–water partition coefficient (Wildman–Crippen LogP) is 2.57. The molecular formula is C22H26N4O2S. The summed E-state index contributed by atoms with van der Waals surface area (Å²) < 4.78 is 0. The number of carbonyl (C=O) groups is 2. The number of nitrogens with one attached hydrogen (secondary N) is 1. The zero-order valence-electron chi connectivity index (χ0n) is 16.6. The lowest BCUT2D eigenvalue weighted by Crippen LogP contribution is -2.51. The molecule has 0 spiro atoms. The highest BCUT2D eigenvalue weighted by atomic mass is 32.2. The lowest BCUT2D eigenvalue weighted by molar-refractivity contribution is -0.133. The van der Waals surface area contributed by atoms with E-state index in [2.05, 4.69) is 51.5 Å². The summed E-state index contributed by atoms with van der Waals surface area (Å²) >= 11 is 1.78. The largest absolute Gasteiger partial charge is 0.358 e. The van der Waals surface area contributed by atoms with Gasteiger partial charge in [-0.2, -0.15) is 0 Å². The quantitative estimate of drug-likeness (QED) is 0.821. The molecule has 0 aromatic heterocycles. The number of benzene rings is 2. The number of rotatable bonds is 5. The minimum absolute atomic E-state index is 0.0186. The third-order valence-corrected chi connectivity index (χ3v) is 6.58. The SMILES string of the molecule is CNC(=O)CN1CCN(C(=O)CCN2c3ccccc3Sc3ccccc32)CC1. The van der Waals surface area contributed by atoms with E-state index in [0.29, 0.717) is 32.6 Å². The molecular weight excluding hydrogens is 384 g/mol. The minimum atomic E-state index is 0.0186. The minimum Gasteiger partial charge on any atom is -0.358 e. The molecule has 4 rings (SSSR count). The molecule has 0 aliphatic carbocycles. The molecule has 2 heterocycles. The van der Waals surface area contributed by atoms with Crippen molar-refractivity contribution in [1.82, 2.24) is 15.1 Å². The van der Waals surface area contributed by atoms with Gasteiger partial charge in [-0.25, -0.2) is 0 Å². The van der Waals surface area contributed by atoms with Crippen molar-refractivity contribution in [3.8, 4) is 0 Å². The Bertz CT molecular complexity index is 850. The van der Waals surface area contributed by atoms with Crippen molar-refractivity contribution < 1.29 is 9.59 Å². The van der Waals surface area contributed by atoms with E-state index >= 15 is 0 Å². The van der Waals surface area contributed by atoms with Crippen LogP contribution >= 0.6 is 11.8 Å². The number of piperazine rings is 1. The van der Waals surface area contributed by atoms with Crippen molar-refractivity contribution in [1.29, 1.82) is 0 Å². The second-order valence-corrected chi connectivity index (χ2v) is 8.35. The van der Waals surface area contributed by atoms with Gasteiger partial charge in [0, 0.05) is 56.0 Å². The maximum atomic E-state index is 12.8. The van der Waals surface area contributed by atoms with Gasteiger partial charge in [0.15, 0.2) is 0 Å². The zero-order chi connectivity index (χ0) is 20.2. The summed E-state index contributed by atoms with van der Waals surface area (Å²) in [4.78, 5) is 33.1. The number of para-hydroxylation sites is 2. The summed E-state index contributed by atoms with van der Waals surface area (Å²) in [6.07, 6.45) is 0.475. The van der Waals surface area contributed by atoms with Crippen LogP contribution in [0.2, 0.25) is 0 Å². The average molecular weight is 411 g/mol. The normalized spacial score (nSPS) is 16.2. The van der Waals surface area contributed by atoms with Gasteiger partial charge in [-0.3, -0.25) is 14.5 Å². The van der Waals surface area contributed by atoms with Crippen LogP contribution in [0.4, 0.5) is 11.4 Å². The van der Waals surface area contributed by atoms with Gasteiger partial charge < -0.3 is 15.1 Å². The van der Waals surface area contributed by atoms with E-state index in [-0.39, 0.29) is 11.8 Å². The third kappa shape index (κ3) is 4.41. The van der Waals surface area contributed by atoms with Gasteiger partial charge in [0.1, 0.15) is 0 Å². The van der Waals surface area contributed by atoms with Crippen LogP contribution in [0.1, 0.15) is 6.42 Å². The Labute approximate surface area is 175 Å². The molecule has 2 aliphatic heterocycles. The summed E-state index contributed by atoms with van der Waals surface area (Å²) in [5, 5.41) is 2.65. The van der Waals surface area contributed by atoms with Crippen LogP contribution in [0.3, 0.4) is 0 Å². The van der Waals surface area contributed by atoms with Gasteiger partial charge in [-0.05, 0) is 24.3 Å². The van der Waals surface area contributed by atoms with Gasteiger partial charge in [0.25, 0.3) is 0 Å². The number of hydrogen-bond donors (Lipinski definition) is 1. The second kappa shape index (κ2) is 8.88. The molecule has 0 atom stereocenters. The number of hydrogen-bond acceptors (Lipinski definition) is 5. The Hall–Kier alpha value is -2.51. The number of likely N-dealkylation sites (N-methyl/N-ethyl adjacent to an activating group) is 1. The van der Waals surface area contributed by atoms with E-state index in [1.54, 1.807) is 18.8 Å². The van der Waals surface area contributed by atoms with E-state index in [9.17, 15) is 9.59 Å². The third-order valence-electron chi connectivity index (χ3n) is 5.45. The Morgan fingerprint density at radius 3 is 2.10 bits per heavy atom. The van der Waals surface area contributed by atoms with Gasteiger partial charge in [0.2, 0.25) is 11.8 Å².